The van der Waals surface area contributed by atoms with Gasteiger partial charge < -0.3 is 25.2 Å². The highest BCUT2D eigenvalue weighted by molar-refractivity contribution is 7.88. The molecule has 0 radical (unpaired) electrons. The predicted molar refractivity (Wildman–Crippen MR) is 170 cm³/mol. The van der Waals surface area contributed by atoms with Gasteiger partial charge in [-0.15, -0.1) is 0 Å². The Kier molecular flexibility index (Phi) is 10.6. The van der Waals surface area contributed by atoms with Crippen LogP contribution in [-0.4, -0.2) is 93.2 Å². The van der Waals surface area contributed by atoms with Gasteiger partial charge in [-0.1, -0.05) is 6.07 Å². The second-order valence-corrected chi connectivity index (χ2v) is 13.3. The van der Waals surface area contributed by atoms with Crippen LogP contribution in [-0.2, 0) is 16.2 Å². The number of nitrogens with one attached hydrogen (secondary N) is 2. The average molecular weight is 667 g/mol. The second-order valence-electron chi connectivity index (χ2n) is 11.3. The minimum atomic E-state index is -4.81. The van der Waals surface area contributed by atoms with Crippen molar-refractivity contribution in [1.82, 2.24) is 19.2 Å². The number of piperidine rings is 1. The van der Waals surface area contributed by atoms with E-state index < -0.39 is 32.5 Å². The van der Waals surface area contributed by atoms with Crippen molar-refractivity contribution in [1.29, 1.82) is 0 Å². The largest absolute Gasteiger partial charge is 0.495 e. The Balaban J connectivity index is 1.59. The summed E-state index contributed by atoms with van der Waals surface area (Å²) in [6.45, 7) is 1.93. The first-order valence-corrected chi connectivity index (χ1v) is 16.2. The molecule has 0 unspecified atom stereocenters. The van der Waals surface area contributed by atoms with E-state index in [2.05, 4.69) is 20.6 Å². The molecule has 3 aromatic rings. The maximum Gasteiger partial charge on any atom is 0.421 e. The van der Waals surface area contributed by atoms with E-state index in [1.54, 1.807) is 24.1 Å². The van der Waals surface area contributed by atoms with E-state index in [-0.39, 0.29) is 23.2 Å². The zero-order chi connectivity index (χ0) is 33.8. The number of rotatable bonds is 12. The summed E-state index contributed by atoms with van der Waals surface area (Å²) in [4.78, 5) is 22.9. The van der Waals surface area contributed by atoms with E-state index in [1.807, 2.05) is 25.1 Å². The van der Waals surface area contributed by atoms with Gasteiger partial charge >= 0.3 is 6.18 Å². The summed E-state index contributed by atoms with van der Waals surface area (Å²) in [5.74, 6) is -0.272. The van der Waals surface area contributed by atoms with Gasteiger partial charge in [0.2, 0.25) is 16.0 Å². The van der Waals surface area contributed by atoms with Crippen molar-refractivity contribution in [3.63, 3.8) is 0 Å². The average Bonchev–Trinajstić information content (AvgIpc) is 2.99. The Bertz CT molecular complexity index is 1660. The van der Waals surface area contributed by atoms with Crippen LogP contribution in [0, 0.1) is 10.1 Å². The first kappa shape index (κ1) is 34.6. The van der Waals surface area contributed by atoms with Crippen LogP contribution < -0.4 is 20.3 Å². The highest BCUT2D eigenvalue weighted by Crippen LogP contribution is 2.39. The van der Waals surface area contributed by atoms with Crippen LogP contribution >= 0.6 is 0 Å². The van der Waals surface area contributed by atoms with Crippen LogP contribution in [0.4, 0.5) is 47.7 Å². The highest BCUT2D eigenvalue weighted by Gasteiger charge is 2.36. The van der Waals surface area contributed by atoms with Gasteiger partial charge in [-0.25, -0.2) is 17.7 Å². The van der Waals surface area contributed by atoms with Crippen molar-refractivity contribution in [2.24, 2.45) is 0 Å². The molecule has 1 fully saturated rings. The fourth-order valence-electron chi connectivity index (χ4n) is 5.13. The molecule has 1 aromatic heterocycles. The number of benzene rings is 2. The standard InChI is InChI=1S/C29H37F3N8O5S/c1-37(2)14-15-38(3)24-9-7-21(17-25(24)40(41)42)34-27-22(29(30,31)32)18-33-28(36-27)35-23-8-6-20(16-26(23)45-4)19-10-12-39(13-11-19)46(5,43)44/h6-9,16-19H,10-15H2,1-5H3,(H2,33,34,35,36). The number of methoxy groups -OCH3 is 1. The molecule has 1 aliphatic heterocycles. The molecule has 250 valence electrons. The molecule has 2 aromatic carbocycles. The molecule has 0 aliphatic carbocycles. The number of ether oxygens (including phenoxy) is 1. The minimum Gasteiger partial charge on any atom is -0.495 e. The first-order valence-electron chi connectivity index (χ1n) is 14.3. The topological polar surface area (TPSA) is 146 Å². The van der Waals surface area contributed by atoms with E-state index in [9.17, 15) is 31.7 Å². The molecule has 0 bridgehead atoms. The van der Waals surface area contributed by atoms with Gasteiger partial charge in [-0.2, -0.15) is 18.2 Å². The smallest absolute Gasteiger partial charge is 0.421 e. The van der Waals surface area contributed by atoms with E-state index >= 15 is 0 Å². The number of aromatic nitrogens is 2. The van der Waals surface area contributed by atoms with Crippen LogP contribution in [0.25, 0.3) is 0 Å². The minimum absolute atomic E-state index is 0.0375. The van der Waals surface area contributed by atoms with Gasteiger partial charge in [0.15, 0.2) is 0 Å². The lowest BCUT2D eigenvalue weighted by atomic mass is 9.90. The SMILES string of the molecule is COc1cc(C2CCN(S(C)(=O)=O)CC2)ccc1Nc1ncc(C(F)(F)F)c(Nc2ccc(N(C)CCN(C)C)c([N+](=O)[O-])c2)n1. The van der Waals surface area contributed by atoms with Gasteiger partial charge in [0.1, 0.15) is 22.8 Å². The Hall–Kier alpha value is -4.22. The number of alkyl halides is 3. The summed E-state index contributed by atoms with van der Waals surface area (Å²) >= 11 is 0. The first-order chi connectivity index (χ1) is 21.6. The second kappa shape index (κ2) is 14.0. The zero-order valence-electron chi connectivity index (χ0n) is 26.1. The van der Waals surface area contributed by atoms with Crippen LogP contribution in [0.1, 0.15) is 29.9 Å². The lowest BCUT2D eigenvalue weighted by Gasteiger charge is -2.30. The fourth-order valence-corrected chi connectivity index (χ4v) is 6.00. The Morgan fingerprint density at radius 3 is 2.37 bits per heavy atom. The van der Waals surface area contributed by atoms with Gasteiger partial charge in [0, 0.05) is 51.2 Å². The molecule has 0 spiro atoms. The van der Waals surface area contributed by atoms with Crippen molar-refractivity contribution >= 4 is 44.5 Å². The van der Waals surface area contributed by atoms with Crippen LogP contribution in [0.15, 0.2) is 42.6 Å². The molecule has 0 atom stereocenters. The predicted octanol–water partition coefficient (Wildman–Crippen LogP) is 5.04. The molecule has 17 heteroatoms. The monoisotopic (exact) mass is 666 g/mol. The Morgan fingerprint density at radius 1 is 1.09 bits per heavy atom. The summed E-state index contributed by atoms with van der Waals surface area (Å²) in [5, 5.41) is 17.4. The van der Waals surface area contributed by atoms with E-state index in [0.29, 0.717) is 62.3 Å². The molecule has 0 saturated carbocycles. The molecule has 4 rings (SSSR count). The van der Waals surface area contributed by atoms with Crippen LogP contribution in [0.3, 0.4) is 0 Å². The van der Waals surface area contributed by atoms with E-state index in [4.69, 9.17) is 4.74 Å². The molecule has 1 aliphatic rings. The molecular formula is C29H37F3N8O5S. The maximum atomic E-state index is 14.0. The molecule has 0 amide bonds. The molecular weight excluding hydrogens is 629 g/mol. The number of nitrogens with zero attached hydrogens (tertiary/aromatic N) is 6. The summed E-state index contributed by atoms with van der Waals surface area (Å²) in [7, 11) is 3.63. The third-order valence-electron chi connectivity index (χ3n) is 7.69. The lowest BCUT2D eigenvalue weighted by molar-refractivity contribution is -0.384. The van der Waals surface area contributed by atoms with E-state index in [0.717, 1.165) is 5.56 Å². The lowest BCUT2D eigenvalue weighted by Crippen LogP contribution is -2.37. The van der Waals surface area contributed by atoms with Crippen molar-refractivity contribution in [3.05, 3.63) is 63.8 Å². The number of anilines is 5. The molecule has 1 saturated heterocycles. The van der Waals surface area contributed by atoms with Crippen molar-refractivity contribution in [3.8, 4) is 5.75 Å². The summed E-state index contributed by atoms with van der Waals surface area (Å²) in [6.07, 6.45) is -1.73. The van der Waals surface area contributed by atoms with Gasteiger partial charge in [0.25, 0.3) is 5.69 Å². The molecule has 13 nitrogen and oxygen atoms in total. The summed E-state index contributed by atoms with van der Waals surface area (Å²) in [5.41, 5.74) is 0.245. The number of hydrogen-bond acceptors (Lipinski definition) is 11. The number of sulfonamides is 1. The number of likely N-dealkylation sites (N-methyl/N-ethyl adjacent to an activating group) is 2. The molecule has 2 heterocycles. The Labute approximate surface area is 265 Å². The number of hydrogen-bond donors (Lipinski definition) is 2. The number of halogens is 3. The van der Waals surface area contributed by atoms with Crippen LogP contribution in [0.5, 0.6) is 5.75 Å². The molecule has 2 N–H and O–H groups in total. The van der Waals surface area contributed by atoms with Gasteiger partial charge in [-0.3, -0.25) is 10.1 Å². The van der Waals surface area contributed by atoms with Crippen molar-refractivity contribution in [2.75, 3.05) is 76.2 Å². The van der Waals surface area contributed by atoms with Crippen LogP contribution in [0.2, 0.25) is 0 Å². The fraction of sp³-hybridized carbons (Fsp3) is 0.448. The van der Waals surface area contributed by atoms with Crippen molar-refractivity contribution in [2.45, 2.75) is 24.9 Å². The zero-order valence-corrected chi connectivity index (χ0v) is 26.9. The third-order valence-corrected chi connectivity index (χ3v) is 8.99. The normalized spacial score (nSPS) is 14.7. The quantitative estimate of drug-likeness (QED) is 0.198. The van der Waals surface area contributed by atoms with E-state index in [1.165, 1.54) is 35.9 Å². The highest BCUT2D eigenvalue weighted by atomic mass is 32.2. The third kappa shape index (κ3) is 8.52. The van der Waals surface area contributed by atoms with Gasteiger partial charge in [-0.05, 0) is 62.7 Å². The molecule has 46 heavy (non-hydrogen) atoms. The summed E-state index contributed by atoms with van der Waals surface area (Å²) in [6, 6.07) is 9.42. The van der Waals surface area contributed by atoms with Gasteiger partial charge in [0.05, 0.1) is 24.0 Å². The summed E-state index contributed by atoms with van der Waals surface area (Å²) < 4.78 is 72.6. The maximum absolute atomic E-state index is 14.0. The number of nitro benzene ring substituents is 1. The Morgan fingerprint density at radius 2 is 1.78 bits per heavy atom. The van der Waals surface area contributed by atoms with Crippen molar-refractivity contribution < 1.29 is 31.2 Å². The number of nitro groups is 1.